The maximum absolute atomic E-state index is 11.8. The molecule has 0 unspecified atom stereocenters. The summed E-state index contributed by atoms with van der Waals surface area (Å²) in [6.07, 6.45) is 6.40. The quantitative estimate of drug-likeness (QED) is 0.766. The SMILES string of the molecule is O=C(CCCO)N1CC2CCC(CC2)C1. The van der Waals surface area contributed by atoms with Crippen LogP contribution in [-0.2, 0) is 4.79 Å². The summed E-state index contributed by atoms with van der Waals surface area (Å²) < 4.78 is 0. The van der Waals surface area contributed by atoms with Crippen LogP contribution in [0.4, 0.5) is 0 Å². The smallest absolute Gasteiger partial charge is 0.222 e. The Morgan fingerprint density at radius 3 is 2.13 bits per heavy atom. The Balaban J connectivity index is 1.89. The molecule has 0 aromatic rings. The summed E-state index contributed by atoms with van der Waals surface area (Å²) in [4.78, 5) is 13.9. The zero-order chi connectivity index (χ0) is 10.7. The highest BCUT2D eigenvalue weighted by Crippen LogP contribution is 2.33. The van der Waals surface area contributed by atoms with Crippen molar-refractivity contribution in [3.05, 3.63) is 0 Å². The molecule has 3 nitrogen and oxygen atoms in total. The number of fused-ring (bicyclic) bond motifs is 4. The predicted octanol–water partition coefficient (Wildman–Crippen LogP) is 1.41. The Hall–Kier alpha value is -0.570. The molecule has 0 radical (unpaired) electrons. The molecule has 1 N–H and O–H groups in total. The van der Waals surface area contributed by atoms with Crippen molar-refractivity contribution in [1.82, 2.24) is 4.90 Å². The highest BCUT2D eigenvalue weighted by Gasteiger charge is 2.30. The van der Waals surface area contributed by atoms with E-state index in [1.54, 1.807) is 0 Å². The minimum Gasteiger partial charge on any atom is -0.396 e. The van der Waals surface area contributed by atoms with E-state index in [0.717, 1.165) is 24.9 Å². The molecule has 1 amide bonds. The Bertz CT molecular complexity index is 208. The van der Waals surface area contributed by atoms with Gasteiger partial charge in [-0.2, -0.15) is 0 Å². The summed E-state index contributed by atoms with van der Waals surface area (Å²) in [6.45, 7) is 2.08. The van der Waals surface area contributed by atoms with Crippen LogP contribution in [0.5, 0.6) is 0 Å². The number of nitrogens with zero attached hydrogens (tertiary/aromatic N) is 1. The van der Waals surface area contributed by atoms with Gasteiger partial charge in [0.05, 0.1) is 0 Å². The number of carbonyl (C=O) groups is 1. The van der Waals surface area contributed by atoms with Gasteiger partial charge in [-0.15, -0.1) is 0 Å². The molecule has 2 aliphatic heterocycles. The van der Waals surface area contributed by atoms with E-state index in [1.165, 1.54) is 25.7 Å². The number of aliphatic hydroxyl groups excluding tert-OH is 1. The fourth-order valence-corrected chi connectivity index (χ4v) is 2.89. The number of hydrogen-bond acceptors (Lipinski definition) is 2. The highest BCUT2D eigenvalue weighted by molar-refractivity contribution is 5.76. The van der Waals surface area contributed by atoms with Crippen molar-refractivity contribution in [3.8, 4) is 0 Å². The van der Waals surface area contributed by atoms with Gasteiger partial charge in [0.15, 0.2) is 0 Å². The molecule has 3 heteroatoms. The molecule has 86 valence electrons. The van der Waals surface area contributed by atoms with Crippen molar-refractivity contribution in [2.45, 2.75) is 38.5 Å². The monoisotopic (exact) mass is 211 g/mol. The van der Waals surface area contributed by atoms with E-state index in [9.17, 15) is 4.79 Å². The first kappa shape index (κ1) is 10.9. The predicted molar refractivity (Wildman–Crippen MR) is 58.3 cm³/mol. The van der Waals surface area contributed by atoms with Gasteiger partial charge in [-0.25, -0.2) is 0 Å². The lowest BCUT2D eigenvalue weighted by atomic mass is 9.84. The number of carbonyl (C=O) groups excluding carboxylic acids is 1. The first-order valence-electron chi connectivity index (χ1n) is 6.18. The van der Waals surface area contributed by atoms with Gasteiger partial charge in [0.1, 0.15) is 0 Å². The zero-order valence-electron chi connectivity index (χ0n) is 9.32. The van der Waals surface area contributed by atoms with Crippen LogP contribution in [0.1, 0.15) is 38.5 Å². The number of aliphatic hydroxyl groups is 1. The fourth-order valence-electron chi connectivity index (χ4n) is 2.89. The molecule has 2 bridgehead atoms. The highest BCUT2D eigenvalue weighted by atomic mass is 16.3. The lowest BCUT2D eigenvalue weighted by Gasteiger charge is -2.22. The van der Waals surface area contributed by atoms with Crippen LogP contribution in [-0.4, -0.2) is 35.6 Å². The molecule has 3 aliphatic rings. The Labute approximate surface area is 91.5 Å². The van der Waals surface area contributed by atoms with Crippen molar-refractivity contribution < 1.29 is 9.90 Å². The molecular formula is C12H21NO2. The van der Waals surface area contributed by atoms with E-state index in [2.05, 4.69) is 0 Å². The Morgan fingerprint density at radius 2 is 1.67 bits per heavy atom. The van der Waals surface area contributed by atoms with Crippen LogP contribution < -0.4 is 0 Å². The third-order valence-electron chi connectivity index (χ3n) is 3.82. The first-order valence-corrected chi connectivity index (χ1v) is 6.18. The number of rotatable bonds is 3. The van der Waals surface area contributed by atoms with Gasteiger partial charge in [0.25, 0.3) is 0 Å². The molecule has 0 aromatic carbocycles. The van der Waals surface area contributed by atoms with Crippen molar-refractivity contribution in [2.24, 2.45) is 11.8 Å². The molecule has 1 saturated carbocycles. The normalized spacial score (nSPS) is 30.3. The van der Waals surface area contributed by atoms with E-state index in [-0.39, 0.29) is 12.5 Å². The molecule has 1 aliphatic carbocycles. The molecule has 3 fully saturated rings. The van der Waals surface area contributed by atoms with Gasteiger partial charge in [-0.1, -0.05) is 0 Å². The lowest BCUT2D eigenvalue weighted by Crippen LogP contribution is -2.34. The molecule has 2 heterocycles. The molecule has 0 spiro atoms. The van der Waals surface area contributed by atoms with Gasteiger partial charge in [-0.3, -0.25) is 4.79 Å². The van der Waals surface area contributed by atoms with Crippen LogP contribution in [0.3, 0.4) is 0 Å². The second-order valence-corrected chi connectivity index (χ2v) is 5.01. The summed E-state index contributed by atoms with van der Waals surface area (Å²) in [5, 5.41) is 8.71. The van der Waals surface area contributed by atoms with Crippen LogP contribution in [0.2, 0.25) is 0 Å². The van der Waals surface area contributed by atoms with Crippen molar-refractivity contribution in [2.75, 3.05) is 19.7 Å². The average molecular weight is 211 g/mol. The third-order valence-corrected chi connectivity index (χ3v) is 3.82. The van der Waals surface area contributed by atoms with E-state index in [0.29, 0.717) is 12.8 Å². The van der Waals surface area contributed by atoms with Gasteiger partial charge < -0.3 is 10.0 Å². The van der Waals surface area contributed by atoms with Crippen molar-refractivity contribution >= 4 is 5.91 Å². The largest absolute Gasteiger partial charge is 0.396 e. The minimum atomic E-state index is 0.131. The maximum atomic E-state index is 11.8. The van der Waals surface area contributed by atoms with Crippen LogP contribution in [0, 0.1) is 11.8 Å². The molecule has 3 rings (SSSR count). The minimum absolute atomic E-state index is 0.131. The summed E-state index contributed by atoms with van der Waals surface area (Å²) >= 11 is 0. The molecule has 0 atom stereocenters. The van der Waals surface area contributed by atoms with Gasteiger partial charge >= 0.3 is 0 Å². The van der Waals surface area contributed by atoms with Crippen molar-refractivity contribution in [3.63, 3.8) is 0 Å². The Kier molecular flexibility index (Phi) is 3.62. The van der Waals surface area contributed by atoms with E-state index in [1.807, 2.05) is 4.90 Å². The van der Waals surface area contributed by atoms with E-state index in [4.69, 9.17) is 5.11 Å². The zero-order valence-corrected chi connectivity index (χ0v) is 9.32. The van der Waals surface area contributed by atoms with Crippen LogP contribution in [0.25, 0.3) is 0 Å². The van der Waals surface area contributed by atoms with Crippen LogP contribution >= 0.6 is 0 Å². The maximum Gasteiger partial charge on any atom is 0.222 e. The molecular weight excluding hydrogens is 190 g/mol. The summed E-state index contributed by atoms with van der Waals surface area (Å²) in [5.74, 6) is 1.76. The van der Waals surface area contributed by atoms with Crippen LogP contribution in [0.15, 0.2) is 0 Å². The number of amides is 1. The fraction of sp³-hybridized carbons (Fsp3) is 0.917. The summed E-state index contributed by atoms with van der Waals surface area (Å²) in [7, 11) is 0. The first-order chi connectivity index (χ1) is 7.29. The second kappa shape index (κ2) is 4.97. The number of hydrogen-bond donors (Lipinski definition) is 1. The molecule has 0 aromatic heterocycles. The second-order valence-electron chi connectivity index (χ2n) is 5.01. The van der Waals surface area contributed by atoms with Gasteiger partial charge in [-0.05, 0) is 43.9 Å². The lowest BCUT2D eigenvalue weighted by molar-refractivity contribution is -0.132. The van der Waals surface area contributed by atoms with Gasteiger partial charge in [0.2, 0.25) is 5.91 Å². The summed E-state index contributed by atoms with van der Waals surface area (Å²) in [5.41, 5.74) is 0. The van der Waals surface area contributed by atoms with E-state index < -0.39 is 0 Å². The molecule has 2 saturated heterocycles. The average Bonchev–Trinajstić information content (AvgIpc) is 2.58. The summed E-state index contributed by atoms with van der Waals surface area (Å²) in [6, 6.07) is 0. The van der Waals surface area contributed by atoms with Crippen molar-refractivity contribution in [1.29, 1.82) is 0 Å². The standard InChI is InChI=1S/C12H21NO2/c14-7-1-2-12(15)13-8-10-3-4-11(9-13)6-5-10/h10-11,14H,1-9H2. The van der Waals surface area contributed by atoms with Gasteiger partial charge in [0, 0.05) is 26.1 Å². The Morgan fingerprint density at radius 1 is 1.13 bits per heavy atom. The topological polar surface area (TPSA) is 40.5 Å². The molecule has 15 heavy (non-hydrogen) atoms. The van der Waals surface area contributed by atoms with E-state index >= 15 is 0 Å². The third kappa shape index (κ3) is 2.71.